The van der Waals surface area contributed by atoms with Crippen LogP contribution in [0.1, 0.15) is 44.9 Å². The summed E-state index contributed by atoms with van der Waals surface area (Å²) >= 11 is 0. The van der Waals surface area contributed by atoms with Crippen molar-refractivity contribution in [3.63, 3.8) is 0 Å². The molecule has 1 amide bonds. The molecule has 0 aromatic rings. The number of halogens is 3. The standard InChI is InChI=1S/C13H21F3N2O/c14-13(15,16)10-5-2-1-4-9(10)11(19)18-8-12(17)6-3-7-12/h9-10H,1-8,17H2,(H,18,19). The summed E-state index contributed by atoms with van der Waals surface area (Å²) in [6.07, 6.45) is 0.0533. The first kappa shape index (κ1) is 14.6. The zero-order chi connectivity index (χ0) is 14.1. The Bertz CT molecular complexity index is 339. The molecule has 110 valence electrons. The number of rotatable bonds is 3. The highest BCUT2D eigenvalue weighted by molar-refractivity contribution is 5.79. The van der Waals surface area contributed by atoms with Crippen molar-refractivity contribution in [1.29, 1.82) is 0 Å². The van der Waals surface area contributed by atoms with Gasteiger partial charge in [0.2, 0.25) is 5.91 Å². The number of hydrogen-bond acceptors (Lipinski definition) is 2. The molecule has 2 aliphatic rings. The SMILES string of the molecule is NC1(CNC(=O)C2CCCCC2C(F)(F)F)CCC1. The maximum absolute atomic E-state index is 12.9. The quantitative estimate of drug-likeness (QED) is 0.832. The predicted molar refractivity (Wildman–Crippen MR) is 65.3 cm³/mol. The molecule has 0 aliphatic heterocycles. The van der Waals surface area contributed by atoms with Gasteiger partial charge in [-0.2, -0.15) is 13.2 Å². The average Bonchev–Trinajstić information content (AvgIpc) is 2.32. The Morgan fingerprint density at radius 1 is 1.21 bits per heavy atom. The number of nitrogens with two attached hydrogens (primary N) is 1. The van der Waals surface area contributed by atoms with Crippen molar-refractivity contribution < 1.29 is 18.0 Å². The van der Waals surface area contributed by atoms with Crippen LogP contribution in [0.4, 0.5) is 13.2 Å². The second-order valence-electron chi connectivity index (χ2n) is 5.97. The fourth-order valence-electron chi connectivity index (χ4n) is 3.04. The largest absolute Gasteiger partial charge is 0.392 e. The fraction of sp³-hybridized carbons (Fsp3) is 0.923. The van der Waals surface area contributed by atoms with E-state index in [9.17, 15) is 18.0 Å². The lowest BCUT2D eigenvalue weighted by molar-refractivity contribution is -0.198. The van der Waals surface area contributed by atoms with Gasteiger partial charge in [-0.15, -0.1) is 0 Å². The number of amides is 1. The van der Waals surface area contributed by atoms with Gasteiger partial charge in [0.15, 0.2) is 0 Å². The molecule has 19 heavy (non-hydrogen) atoms. The van der Waals surface area contributed by atoms with Crippen molar-refractivity contribution in [3.05, 3.63) is 0 Å². The monoisotopic (exact) mass is 278 g/mol. The van der Waals surface area contributed by atoms with E-state index < -0.39 is 29.5 Å². The molecule has 0 spiro atoms. The van der Waals surface area contributed by atoms with E-state index in [2.05, 4.69) is 5.32 Å². The lowest BCUT2D eigenvalue weighted by Gasteiger charge is -2.39. The molecular formula is C13H21F3N2O. The van der Waals surface area contributed by atoms with Gasteiger partial charge in [0, 0.05) is 18.0 Å². The van der Waals surface area contributed by atoms with Gasteiger partial charge in [0.1, 0.15) is 0 Å². The predicted octanol–water partition coefficient (Wildman–Crippen LogP) is 2.35. The number of hydrogen-bond donors (Lipinski definition) is 2. The number of nitrogens with one attached hydrogen (secondary N) is 1. The number of alkyl halides is 3. The highest BCUT2D eigenvalue weighted by atomic mass is 19.4. The summed E-state index contributed by atoms with van der Waals surface area (Å²) in [7, 11) is 0. The molecule has 2 aliphatic carbocycles. The molecule has 2 rings (SSSR count). The van der Waals surface area contributed by atoms with Crippen LogP contribution in [0.3, 0.4) is 0 Å². The molecule has 2 saturated carbocycles. The minimum atomic E-state index is -4.28. The van der Waals surface area contributed by atoms with Crippen LogP contribution in [0.15, 0.2) is 0 Å². The van der Waals surface area contributed by atoms with Crippen LogP contribution >= 0.6 is 0 Å². The first-order valence-corrected chi connectivity index (χ1v) is 6.95. The molecule has 2 fully saturated rings. The Balaban J connectivity index is 1.92. The minimum Gasteiger partial charge on any atom is -0.354 e. The molecular weight excluding hydrogens is 257 g/mol. The average molecular weight is 278 g/mol. The highest BCUT2D eigenvalue weighted by Gasteiger charge is 2.48. The van der Waals surface area contributed by atoms with Crippen molar-refractivity contribution in [2.45, 2.75) is 56.7 Å². The smallest absolute Gasteiger partial charge is 0.354 e. The molecule has 0 bridgehead atoms. The van der Waals surface area contributed by atoms with Crippen molar-refractivity contribution >= 4 is 5.91 Å². The van der Waals surface area contributed by atoms with E-state index in [4.69, 9.17) is 5.73 Å². The topological polar surface area (TPSA) is 55.1 Å². The van der Waals surface area contributed by atoms with E-state index in [1.54, 1.807) is 0 Å². The zero-order valence-corrected chi connectivity index (χ0v) is 10.9. The first-order chi connectivity index (χ1) is 8.82. The summed E-state index contributed by atoms with van der Waals surface area (Å²) < 4.78 is 38.7. The van der Waals surface area contributed by atoms with E-state index >= 15 is 0 Å². The van der Waals surface area contributed by atoms with Gasteiger partial charge in [-0.05, 0) is 32.1 Å². The third-order valence-corrected chi connectivity index (χ3v) is 4.49. The van der Waals surface area contributed by atoms with Crippen LogP contribution in [0.2, 0.25) is 0 Å². The Labute approximate surface area is 111 Å². The molecule has 2 unspecified atom stereocenters. The van der Waals surface area contributed by atoms with Gasteiger partial charge in [0.25, 0.3) is 0 Å². The second kappa shape index (κ2) is 5.31. The molecule has 6 heteroatoms. The second-order valence-corrected chi connectivity index (χ2v) is 5.97. The molecule has 0 saturated heterocycles. The van der Waals surface area contributed by atoms with E-state index in [0.717, 1.165) is 19.3 Å². The molecule has 0 aromatic heterocycles. The third-order valence-electron chi connectivity index (χ3n) is 4.49. The van der Waals surface area contributed by atoms with E-state index in [-0.39, 0.29) is 6.42 Å². The van der Waals surface area contributed by atoms with Crippen LogP contribution < -0.4 is 11.1 Å². The molecule has 0 heterocycles. The molecule has 3 N–H and O–H groups in total. The zero-order valence-electron chi connectivity index (χ0n) is 10.9. The maximum atomic E-state index is 12.9. The van der Waals surface area contributed by atoms with Gasteiger partial charge in [-0.1, -0.05) is 12.8 Å². The Morgan fingerprint density at radius 2 is 1.84 bits per heavy atom. The fourth-order valence-corrected chi connectivity index (χ4v) is 3.04. The van der Waals surface area contributed by atoms with E-state index in [0.29, 0.717) is 25.8 Å². The summed E-state index contributed by atoms with van der Waals surface area (Å²) in [6, 6.07) is 0. The summed E-state index contributed by atoms with van der Waals surface area (Å²) in [5, 5.41) is 2.63. The van der Waals surface area contributed by atoms with Gasteiger partial charge in [-0.3, -0.25) is 4.79 Å². The third kappa shape index (κ3) is 3.41. The van der Waals surface area contributed by atoms with Gasteiger partial charge < -0.3 is 11.1 Å². The molecule has 0 aromatic carbocycles. The first-order valence-electron chi connectivity index (χ1n) is 6.95. The van der Waals surface area contributed by atoms with Crippen molar-refractivity contribution in [2.75, 3.05) is 6.54 Å². The lowest BCUT2D eigenvalue weighted by Crippen LogP contribution is -2.56. The van der Waals surface area contributed by atoms with Crippen molar-refractivity contribution in [3.8, 4) is 0 Å². The Kier molecular flexibility index (Phi) is 4.08. The minimum absolute atomic E-state index is 0.0648. The van der Waals surface area contributed by atoms with Gasteiger partial charge in [0.05, 0.1) is 5.92 Å². The highest BCUT2D eigenvalue weighted by Crippen LogP contribution is 2.41. The molecule has 0 radical (unpaired) electrons. The summed E-state index contributed by atoms with van der Waals surface area (Å²) in [5.74, 6) is -2.90. The van der Waals surface area contributed by atoms with Crippen LogP contribution in [0.5, 0.6) is 0 Å². The maximum Gasteiger partial charge on any atom is 0.392 e. The Morgan fingerprint density at radius 3 is 2.37 bits per heavy atom. The van der Waals surface area contributed by atoms with Crippen LogP contribution in [0.25, 0.3) is 0 Å². The van der Waals surface area contributed by atoms with Crippen molar-refractivity contribution in [2.24, 2.45) is 17.6 Å². The summed E-state index contributed by atoms with van der Waals surface area (Å²) in [4.78, 5) is 12.0. The van der Waals surface area contributed by atoms with Crippen LogP contribution in [-0.2, 0) is 4.79 Å². The van der Waals surface area contributed by atoms with Gasteiger partial charge >= 0.3 is 6.18 Å². The Hall–Kier alpha value is -0.780. The van der Waals surface area contributed by atoms with E-state index in [1.165, 1.54) is 0 Å². The lowest BCUT2D eigenvalue weighted by atomic mass is 9.76. The molecule has 2 atom stereocenters. The summed E-state index contributed by atoms with van der Waals surface area (Å²) in [5.41, 5.74) is 5.57. The molecule has 3 nitrogen and oxygen atoms in total. The summed E-state index contributed by atoms with van der Waals surface area (Å²) in [6.45, 7) is 0.299. The van der Waals surface area contributed by atoms with Crippen LogP contribution in [0, 0.1) is 11.8 Å². The number of carbonyl (C=O) groups is 1. The number of carbonyl (C=O) groups excluding carboxylic acids is 1. The van der Waals surface area contributed by atoms with Gasteiger partial charge in [-0.25, -0.2) is 0 Å². The van der Waals surface area contributed by atoms with Crippen molar-refractivity contribution in [1.82, 2.24) is 5.32 Å². The van der Waals surface area contributed by atoms with E-state index in [1.807, 2.05) is 0 Å². The van der Waals surface area contributed by atoms with Crippen LogP contribution in [-0.4, -0.2) is 24.2 Å². The normalized spacial score (nSPS) is 30.5.